The highest BCUT2D eigenvalue weighted by Gasteiger charge is 2.28. The highest BCUT2D eigenvalue weighted by Crippen LogP contribution is 2.32. The van der Waals surface area contributed by atoms with Gasteiger partial charge in [0, 0.05) is 17.0 Å². The van der Waals surface area contributed by atoms with Crippen LogP contribution in [0.5, 0.6) is 0 Å². The summed E-state index contributed by atoms with van der Waals surface area (Å²) >= 11 is 1.41. The molecule has 3 rings (SSSR count). The van der Waals surface area contributed by atoms with Crippen LogP contribution in [-0.2, 0) is 0 Å². The number of urea groups is 1. The fourth-order valence-electron chi connectivity index (χ4n) is 2.13. The fourth-order valence-corrected chi connectivity index (χ4v) is 2.89. The van der Waals surface area contributed by atoms with Gasteiger partial charge in [-0.1, -0.05) is 0 Å². The first-order valence-corrected chi connectivity index (χ1v) is 7.79. The van der Waals surface area contributed by atoms with Gasteiger partial charge in [0.2, 0.25) is 0 Å². The number of aromatic nitrogens is 1. The van der Waals surface area contributed by atoms with Crippen LogP contribution in [-0.4, -0.2) is 17.1 Å². The summed E-state index contributed by atoms with van der Waals surface area (Å²) < 4.78 is 12.9. The number of nitrogens with one attached hydrogen (secondary N) is 2. The van der Waals surface area contributed by atoms with Crippen LogP contribution >= 0.6 is 11.3 Å². The molecule has 0 unspecified atom stereocenters. The summed E-state index contributed by atoms with van der Waals surface area (Å²) in [6.45, 7) is 2.02. The second-order valence-electron chi connectivity index (χ2n) is 5.27. The minimum atomic E-state index is -0.276. The lowest BCUT2D eigenvalue weighted by atomic mass is 10.2. The molecule has 110 valence electrons. The van der Waals surface area contributed by atoms with Gasteiger partial charge in [-0.15, -0.1) is 11.3 Å². The number of benzene rings is 1. The predicted molar refractivity (Wildman–Crippen MR) is 81.8 cm³/mol. The lowest BCUT2D eigenvalue weighted by Crippen LogP contribution is -2.37. The minimum Gasteiger partial charge on any atom is -0.335 e. The van der Waals surface area contributed by atoms with E-state index in [1.165, 1.54) is 36.3 Å². The zero-order chi connectivity index (χ0) is 14.8. The van der Waals surface area contributed by atoms with E-state index in [1.54, 1.807) is 17.5 Å². The third-order valence-electron chi connectivity index (χ3n) is 3.52. The summed E-state index contributed by atoms with van der Waals surface area (Å²) in [6.07, 6.45) is 2.37. The van der Waals surface area contributed by atoms with Crippen molar-refractivity contribution in [1.82, 2.24) is 10.3 Å². The molecule has 1 aliphatic carbocycles. The first-order chi connectivity index (χ1) is 10.1. The molecule has 6 heteroatoms. The SMILES string of the molecule is C[C@H](NC(=O)Nc1csc(-c2ccc(F)cc2)n1)C1CC1. The van der Waals surface area contributed by atoms with E-state index in [2.05, 4.69) is 15.6 Å². The van der Waals surface area contributed by atoms with Crippen molar-refractivity contribution in [3.05, 3.63) is 35.5 Å². The molecule has 1 fully saturated rings. The molecule has 1 atom stereocenters. The van der Waals surface area contributed by atoms with E-state index in [9.17, 15) is 9.18 Å². The molecule has 1 aromatic carbocycles. The first-order valence-electron chi connectivity index (χ1n) is 6.91. The number of nitrogens with zero attached hydrogens (tertiary/aromatic N) is 1. The van der Waals surface area contributed by atoms with Crippen LogP contribution in [0.15, 0.2) is 29.6 Å². The molecule has 1 aliphatic rings. The van der Waals surface area contributed by atoms with Gasteiger partial charge in [-0.05, 0) is 49.9 Å². The topological polar surface area (TPSA) is 54.0 Å². The Morgan fingerprint density at radius 2 is 2.10 bits per heavy atom. The Morgan fingerprint density at radius 1 is 1.38 bits per heavy atom. The number of carbonyl (C=O) groups is 1. The Morgan fingerprint density at radius 3 is 2.76 bits per heavy atom. The van der Waals surface area contributed by atoms with E-state index in [0.29, 0.717) is 11.7 Å². The van der Waals surface area contributed by atoms with Gasteiger partial charge in [0.25, 0.3) is 0 Å². The number of halogens is 1. The third-order valence-corrected chi connectivity index (χ3v) is 4.42. The van der Waals surface area contributed by atoms with Crippen LogP contribution in [0.1, 0.15) is 19.8 Å². The number of thiazole rings is 1. The van der Waals surface area contributed by atoms with Crippen molar-refractivity contribution in [2.75, 3.05) is 5.32 Å². The Hall–Kier alpha value is -1.95. The summed E-state index contributed by atoms with van der Waals surface area (Å²) in [7, 11) is 0. The van der Waals surface area contributed by atoms with Crippen LogP contribution in [0.25, 0.3) is 10.6 Å². The molecule has 1 aromatic heterocycles. The molecule has 0 radical (unpaired) electrons. The maximum absolute atomic E-state index is 12.9. The quantitative estimate of drug-likeness (QED) is 0.901. The van der Waals surface area contributed by atoms with Crippen LogP contribution < -0.4 is 10.6 Å². The Labute approximate surface area is 126 Å². The predicted octanol–water partition coefficient (Wildman–Crippen LogP) is 3.87. The molecular weight excluding hydrogens is 289 g/mol. The van der Waals surface area contributed by atoms with Gasteiger partial charge < -0.3 is 5.32 Å². The fraction of sp³-hybridized carbons (Fsp3) is 0.333. The van der Waals surface area contributed by atoms with E-state index in [1.807, 2.05) is 6.92 Å². The smallest absolute Gasteiger partial charge is 0.320 e. The molecule has 1 saturated carbocycles. The zero-order valence-corrected chi connectivity index (χ0v) is 12.4. The molecular formula is C15H16FN3OS. The number of hydrogen-bond acceptors (Lipinski definition) is 3. The molecule has 0 spiro atoms. The van der Waals surface area contributed by atoms with Gasteiger partial charge in [-0.2, -0.15) is 0 Å². The molecule has 2 N–H and O–H groups in total. The van der Waals surface area contributed by atoms with Crippen LogP contribution in [0.2, 0.25) is 0 Å². The minimum absolute atomic E-state index is 0.195. The van der Waals surface area contributed by atoms with Crippen molar-refractivity contribution >= 4 is 23.2 Å². The Balaban J connectivity index is 1.61. The molecule has 0 bridgehead atoms. The first kappa shape index (κ1) is 14.0. The third kappa shape index (κ3) is 3.58. The van der Waals surface area contributed by atoms with Crippen LogP contribution in [0.3, 0.4) is 0 Å². The van der Waals surface area contributed by atoms with Crippen LogP contribution in [0.4, 0.5) is 15.0 Å². The van der Waals surface area contributed by atoms with Gasteiger partial charge in [0.15, 0.2) is 0 Å². The van der Waals surface area contributed by atoms with Crippen molar-refractivity contribution < 1.29 is 9.18 Å². The number of amides is 2. The average Bonchev–Trinajstić information content (AvgIpc) is 3.21. The van der Waals surface area contributed by atoms with Crippen molar-refractivity contribution in [3.8, 4) is 10.6 Å². The average molecular weight is 305 g/mol. The molecule has 2 aromatic rings. The summed E-state index contributed by atoms with van der Waals surface area (Å²) in [5.74, 6) is 0.850. The van der Waals surface area contributed by atoms with Crippen molar-refractivity contribution in [3.63, 3.8) is 0 Å². The molecule has 21 heavy (non-hydrogen) atoms. The summed E-state index contributed by atoms with van der Waals surface area (Å²) in [6, 6.07) is 6.10. The number of hydrogen-bond donors (Lipinski definition) is 2. The van der Waals surface area contributed by atoms with Gasteiger partial charge in [0.05, 0.1) is 0 Å². The molecule has 2 amide bonds. The normalized spacial score (nSPS) is 15.5. The maximum atomic E-state index is 12.9. The molecule has 1 heterocycles. The Bertz CT molecular complexity index is 637. The second kappa shape index (κ2) is 5.81. The van der Waals surface area contributed by atoms with Crippen molar-refractivity contribution in [2.45, 2.75) is 25.8 Å². The summed E-state index contributed by atoms with van der Waals surface area (Å²) in [5, 5.41) is 8.17. The summed E-state index contributed by atoms with van der Waals surface area (Å²) in [5.41, 5.74) is 0.834. The van der Waals surface area contributed by atoms with E-state index < -0.39 is 0 Å². The second-order valence-corrected chi connectivity index (χ2v) is 6.13. The van der Waals surface area contributed by atoms with E-state index in [0.717, 1.165) is 10.6 Å². The van der Waals surface area contributed by atoms with E-state index in [4.69, 9.17) is 0 Å². The highest BCUT2D eigenvalue weighted by atomic mass is 32.1. The lowest BCUT2D eigenvalue weighted by Gasteiger charge is -2.12. The molecule has 0 aliphatic heterocycles. The monoisotopic (exact) mass is 305 g/mol. The molecule has 4 nitrogen and oxygen atoms in total. The van der Waals surface area contributed by atoms with Gasteiger partial charge in [-0.25, -0.2) is 14.2 Å². The summed E-state index contributed by atoms with van der Waals surface area (Å²) in [4.78, 5) is 16.2. The van der Waals surface area contributed by atoms with E-state index >= 15 is 0 Å². The van der Waals surface area contributed by atoms with Gasteiger partial charge >= 0.3 is 6.03 Å². The highest BCUT2D eigenvalue weighted by molar-refractivity contribution is 7.13. The standard InChI is InChI=1S/C15H16FN3OS/c1-9(10-2-3-10)17-15(20)19-13-8-21-14(18-13)11-4-6-12(16)7-5-11/h4-10H,2-3H2,1H3,(H2,17,19,20)/t9-/m0/s1. The van der Waals surface area contributed by atoms with Crippen molar-refractivity contribution in [1.29, 1.82) is 0 Å². The number of anilines is 1. The van der Waals surface area contributed by atoms with E-state index in [-0.39, 0.29) is 17.9 Å². The zero-order valence-electron chi connectivity index (χ0n) is 11.6. The van der Waals surface area contributed by atoms with Crippen molar-refractivity contribution in [2.24, 2.45) is 5.92 Å². The lowest BCUT2D eigenvalue weighted by molar-refractivity contribution is 0.248. The van der Waals surface area contributed by atoms with Gasteiger partial charge in [-0.3, -0.25) is 5.32 Å². The number of rotatable bonds is 4. The molecule has 0 saturated heterocycles. The number of carbonyl (C=O) groups excluding carboxylic acids is 1. The van der Waals surface area contributed by atoms with Crippen LogP contribution in [0, 0.1) is 11.7 Å². The Kier molecular flexibility index (Phi) is 3.88. The van der Waals surface area contributed by atoms with Gasteiger partial charge in [0.1, 0.15) is 16.6 Å². The maximum Gasteiger partial charge on any atom is 0.320 e. The largest absolute Gasteiger partial charge is 0.335 e.